The monoisotopic (exact) mass is 397 g/mol. The van der Waals surface area contributed by atoms with Crippen LogP contribution in [0.3, 0.4) is 0 Å². The maximum absolute atomic E-state index is 13.4. The number of aromatic hydroxyl groups is 1. The van der Waals surface area contributed by atoms with Crippen LogP contribution in [0.5, 0.6) is 5.75 Å². The van der Waals surface area contributed by atoms with Crippen molar-refractivity contribution in [2.45, 2.75) is 23.6 Å². The van der Waals surface area contributed by atoms with E-state index in [0.717, 1.165) is 6.26 Å². The van der Waals surface area contributed by atoms with Gasteiger partial charge in [-0.25, -0.2) is 12.8 Å². The number of amides is 1. The molecule has 0 aliphatic carbocycles. The topological polar surface area (TPSA) is 124 Å². The number of carbonyl (C=O) groups excluding carboxylic acids is 1. The zero-order valence-corrected chi connectivity index (χ0v) is 15.3. The normalized spacial score (nSPS) is 13.8. The van der Waals surface area contributed by atoms with Gasteiger partial charge in [0.15, 0.2) is 9.84 Å². The lowest BCUT2D eigenvalue weighted by Crippen LogP contribution is -2.41. The van der Waals surface area contributed by atoms with E-state index in [1.807, 2.05) is 0 Å². The Morgan fingerprint density at radius 1 is 1.19 bits per heavy atom. The molecule has 0 aromatic heterocycles. The van der Waals surface area contributed by atoms with Crippen LogP contribution in [0.4, 0.5) is 4.39 Å². The summed E-state index contributed by atoms with van der Waals surface area (Å²) < 4.78 is 36.4. The molecule has 2 rings (SSSR count). The Morgan fingerprint density at radius 3 is 2.33 bits per heavy atom. The molecule has 27 heavy (non-hydrogen) atoms. The molecule has 0 aliphatic heterocycles. The van der Waals surface area contributed by atoms with Crippen molar-refractivity contribution in [1.29, 1.82) is 0 Å². The summed E-state index contributed by atoms with van der Waals surface area (Å²) in [6.07, 6.45) is -0.390. The van der Waals surface area contributed by atoms with Gasteiger partial charge in [-0.15, -0.1) is 0 Å². The lowest BCUT2D eigenvalue weighted by atomic mass is 10.0. The quantitative estimate of drug-likeness (QED) is 0.554. The molecule has 2 unspecified atom stereocenters. The molecule has 2 aromatic carbocycles. The fraction of sp³-hybridized carbons (Fsp3) is 0.278. The van der Waals surface area contributed by atoms with Gasteiger partial charge in [-0.1, -0.05) is 18.2 Å². The second kappa shape index (κ2) is 8.47. The summed E-state index contributed by atoms with van der Waals surface area (Å²) in [4.78, 5) is 12.4. The van der Waals surface area contributed by atoms with Gasteiger partial charge in [0.1, 0.15) is 18.5 Å². The minimum Gasteiger partial charge on any atom is -0.508 e. The fourth-order valence-corrected chi connectivity index (χ4v) is 3.18. The van der Waals surface area contributed by atoms with Crippen LogP contribution in [-0.2, 0) is 16.4 Å². The average molecular weight is 397 g/mol. The SMILES string of the molecule is CS(=O)(=O)c1ccc(C(O)C(CF)NC(=O)c2cccc(O)c2CO)cc1. The summed E-state index contributed by atoms with van der Waals surface area (Å²) >= 11 is 0. The number of hydrogen-bond donors (Lipinski definition) is 4. The Balaban J connectivity index is 2.21. The Bertz CT molecular complexity index is 914. The third-order valence-corrected chi connectivity index (χ3v) is 5.20. The third-order valence-electron chi connectivity index (χ3n) is 4.07. The minimum atomic E-state index is -3.41. The zero-order chi connectivity index (χ0) is 20.2. The van der Waals surface area contributed by atoms with E-state index >= 15 is 0 Å². The molecule has 0 aliphatic rings. The Hall–Kier alpha value is -2.49. The highest BCUT2D eigenvalue weighted by molar-refractivity contribution is 7.90. The van der Waals surface area contributed by atoms with E-state index in [1.165, 1.54) is 42.5 Å². The number of hydrogen-bond acceptors (Lipinski definition) is 6. The molecule has 1 amide bonds. The number of carbonyl (C=O) groups is 1. The second-order valence-electron chi connectivity index (χ2n) is 5.98. The summed E-state index contributed by atoms with van der Waals surface area (Å²) in [5.74, 6) is -1.05. The van der Waals surface area contributed by atoms with Gasteiger partial charge in [0, 0.05) is 17.4 Å². The van der Waals surface area contributed by atoms with Gasteiger partial charge in [0.05, 0.1) is 17.5 Å². The highest BCUT2D eigenvalue weighted by atomic mass is 32.2. The van der Waals surface area contributed by atoms with Crippen LogP contribution in [0.15, 0.2) is 47.4 Å². The lowest BCUT2D eigenvalue weighted by molar-refractivity contribution is 0.0788. The molecular formula is C18H20FNO6S. The van der Waals surface area contributed by atoms with Crippen molar-refractivity contribution in [2.24, 2.45) is 0 Å². The van der Waals surface area contributed by atoms with Crippen LogP contribution in [-0.4, -0.2) is 48.6 Å². The van der Waals surface area contributed by atoms with Crippen LogP contribution in [0.25, 0.3) is 0 Å². The first-order chi connectivity index (χ1) is 12.7. The third kappa shape index (κ3) is 4.82. The predicted molar refractivity (Wildman–Crippen MR) is 95.8 cm³/mol. The zero-order valence-electron chi connectivity index (χ0n) is 14.5. The largest absolute Gasteiger partial charge is 0.508 e. The number of aliphatic hydroxyl groups excluding tert-OH is 2. The van der Waals surface area contributed by atoms with Crippen molar-refractivity contribution in [1.82, 2.24) is 5.32 Å². The molecule has 2 aromatic rings. The minimum absolute atomic E-state index is 0.0143. The maximum Gasteiger partial charge on any atom is 0.252 e. The molecule has 146 valence electrons. The van der Waals surface area contributed by atoms with Gasteiger partial charge in [-0.2, -0.15) is 0 Å². The van der Waals surface area contributed by atoms with Gasteiger partial charge in [-0.05, 0) is 29.8 Å². The summed E-state index contributed by atoms with van der Waals surface area (Å²) in [6.45, 7) is -1.68. The molecule has 0 radical (unpaired) electrons. The van der Waals surface area contributed by atoms with Crippen molar-refractivity contribution in [3.05, 3.63) is 59.2 Å². The van der Waals surface area contributed by atoms with Crippen molar-refractivity contribution in [2.75, 3.05) is 12.9 Å². The van der Waals surface area contributed by atoms with E-state index in [0.29, 0.717) is 0 Å². The van der Waals surface area contributed by atoms with E-state index in [2.05, 4.69) is 5.32 Å². The van der Waals surface area contributed by atoms with Crippen LogP contribution >= 0.6 is 0 Å². The number of sulfone groups is 1. The van der Waals surface area contributed by atoms with Crippen LogP contribution in [0.1, 0.15) is 27.6 Å². The molecule has 0 heterocycles. The standard InChI is InChI=1S/C18H20FNO6S/c1-27(25,26)12-7-5-11(6-8-12)17(23)15(9-19)20-18(24)13-3-2-4-16(22)14(13)10-21/h2-8,15,17,21-23H,9-10H2,1H3,(H,20,24). The summed E-state index contributed by atoms with van der Waals surface area (Å²) in [5, 5.41) is 31.7. The number of benzene rings is 2. The van der Waals surface area contributed by atoms with Crippen molar-refractivity contribution in [3.63, 3.8) is 0 Å². The summed E-state index contributed by atoms with van der Waals surface area (Å²) in [5.41, 5.74) is 0.166. The van der Waals surface area contributed by atoms with Crippen molar-refractivity contribution < 1.29 is 32.9 Å². The van der Waals surface area contributed by atoms with E-state index in [1.54, 1.807) is 0 Å². The molecule has 9 heteroatoms. The summed E-state index contributed by atoms with van der Waals surface area (Å²) in [7, 11) is -3.41. The molecule has 2 atom stereocenters. The Kier molecular flexibility index (Phi) is 6.53. The molecule has 0 spiro atoms. The summed E-state index contributed by atoms with van der Waals surface area (Å²) in [6, 6.07) is 7.97. The maximum atomic E-state index is 13.4. The van der Waals surface area contributed by atoms with Crippen molar-refractivity contribution >= 4 is 15.7 Å². The van der Waals surface area contributed by atoms with Gasteiger partial charge >= 0.3 is 0 Å². The molecule has 7 nitrogen and oxygen atoms in total. The highest BCUT2D eigenvalue weighted by Gasteiger charge is 2.25. The molecule has 0 saturated carbocycles. The van der Waals surface area contributed by atoms with E-state index < -0.39 is 41.2 Å². The lowest BCUT2D eigenvalue weighted by Gasteiger charge is -2.22. The molecule has 0 fully saturated rings. The number of halogens is 1. The van der Waals surface area contributed by atoms with Crippen LogP contribution in [0, 0.1) is 0 Å². The number of phenols is 1. The molecule has 0 saturated heterocycles. The number of aliphatic hydroxyl groups is 2. The van der Waals surface area contributed by atoms with Gasteiger partial charge in [0.25, 0.3) is 5.91 Å². The van der Waals surface area contributed by atoms with Gasteiger partial charge in [-0.3, -0.25) is 4.79 Å². The smallest absolute Gasteiger partial charge is 0.252 e. The fourth-order valence-electron chi connectivity index (χ4n) is 2.55. The molecule has 0 bridgehead atoms. The molecule has 4 N–H and O–H groups in total. The second-order valence-corrected chi connectivity index (χ2v) is 8.00. The highest BCUT2D eigenvalue weighted by Crippen LogP contribution is 2.23. The van der Waals surface area contributed by atoms with Crippen LogP contribution < -0.4 is 5.32 Å². The Morgan fingerprint density at radius 2 is 1.81 bits per heavy atom. The predicted octanol–water partition coefficient (Wildman–Crippen LogP) is 1.09. The van der Waals surface area contributed by atoms with Crippen molar-refractivity contribution in [3.8, 4) is 5.75 Å². The van der Waals surface area contributed by atoms with Crippen LogP contribution in [0.2, 0.25) is 0 Å². The first-order valence-electron chi connectivity index (χ1n) is 7.95. The van der Waals surface area contributed by atoms with E-state index in [4.69, 9.17) is 0 Å². The van der Waals surface area contributed by atoms with Gasteiger partial charge < -0.3 is 20.6 Å². The number of nitrogens with one attached hydrogen (secondary N) is 1. The number of rotatable bonds is 7. The van der Waals surface area contributed by atoms with E-state index in [9.17, 15) is 32.9 Å². The average Bonchev–Trinajstić information content (AvgIpc) is 2.64. The Labute approximate surface area is 156 Å². The van der Waals surface area contributed by atoms with E-state index in [-0.39, 0.29) is 27.3 Å². The first kappa shape index (κ1) is 20.8. The van der Waals surface area contributed by atoms with Gasteiger partial charge in [0.2, 0.25) is 0 Å². The first-order valence-corrected chi connectivity index (χ1v) is 9.84. The molecular weight excluding hydrogens is 377 g/mol. The number of alkyl halides is 1.